The number of likely N-dealkylation sites (tertiary alicyclic amines) is 1. The van der Waals surface area contributed by atoms with E-state index in [1.807, 2.05) is 6.92 Å². The largest absolute Gasteiger partial charge is 0.359 e. The quantitative estimate of drug-likeness (QED) is 0.594. The Hall–Kier alpha value is -2.08. The van der Waals surface area contributed by atoms with Gasteiger partial charge >= 0.3 is 0 Å². The van der Waals surface area contributed by atoms with Gasteiger partial charge in [-0.2, -0.15) is 0 Å². The summed E-state index contributed by atoms with van der Waals surface area (Å²) in [6.07, 6.45) is 2.06. The molecule has 0 amide bonds. The van der Waals surface area contributed by atoms with Crippen molar-refractivity contribution in [3.8, 4) is 0 Å². The van der Waals surface area contributed by atoms with Crippen LogP contribution in [0.1, 0.15) is 29.2 Å². The zero-order valence-corrected chi connectivity index (χ0v) is 20.5. The molecule has 1 N–H and O–H groups in total. The molecule has 7 heteroatoms. The molecule has 32 heavy (non-hydrogen) atoms. The van der Waals surface area contributed by atoms with Crippen molar-refractivity contribution in [3.63, 3.8) is 0 Å². The maximum absolute atomic E-state index is 12.7. The molecule has 2 heterocycles. The molecule has 1 saturated heterocycles. The van der Waals surface area contributed by atoms with Crippen LogP contribution in [0.3, 0.4) is 0 Å². The normalized spacial score (nSPS) is 21.9. The third kappa shape index (κ3) is 4.26. The number of anilines is 1. The molecule has 1 aliphatic heterocycles. The SMILES string of the molecule is CNc1nc(C)c(CCN2CC3CC(c4ccc5ccccc5c4)C3C2)c(=O)n1C.Cl.Cl. The summed E-state index contributed by atoms with van der Waals surface area (Å²) < 4.78 is 1.62. The van der Waals surface area contributed by atoms with Crippen LogP contribution in [0.15, 0.2) is 47.3 Å². The lowest BCUT2D eigenvalue weighted by atomic mass is 9.64. The van der Waals surface area contributed by atoms with Crippen molar-refractivity contribution < 1.29 is 0 Å². The van der Waals surface area contributed by atoms with Crippen LogP contribution in [0.4, 0.5) is 5.95 Å². The lowest BCUT2D eigenvalue weighted by molar-refractivity contribution is 0.191. The van der Waals surface area contributed by atoms with E-state index in [0.717, 1.165) is 49.1 Å². The Balaban J connectivity index is 0.00000144. The summed E-state index contributed by atoms with van der Waals surface area (Å²) in [6.45, 7) is 5.19. The summed E-state index contributed by atoms with van der Waals surface area (Å²) in [5.41, 5.74) is 3.26. The zero-order chi connectivity index (χ0) is 20.8. The molecule has 2 aromatic carbocycles. The van der Waals surface area contributed by atoms with Crippen molar-refractivity contribution in [1.82, 2.24) is 14.5 Å². The van der Waals surface area contributed by atoms with Gasteiger partial charge in [-0.15, -0.1) is 24.8 Å². The minimum atomic E-state index is 0. The number of aromatic nitrogens is 2. The van der Waals surface area contributed by atoms with Gasteiger partial charge in [0.15, 0.2) is 0 Å². The van der Waals surface area contributed by atoms with Gasteiger partial charge in [0.05, 0.1) is 0 Å². The molecule has 5 nitrogen and oxygen atoms in total. The first-order chi connectivity index (χ1) is 14.5. The van der Waals surface area contributed by atoms with Crippen molar-refractivity contribution in [2.75, 3.05) is 32.0 Å². The zero-order valence-electron chi connectivity index (χ0n) is 18.9. The van der Waals surface area contributed by atoms with Crippen molar-refractivity contribution in [1.29, 1.82) is 0 Å². The van der Waals surface area contributed by atoms with E-state index in [9.17, 15) is 4.79 Å². The number of benzene rings is 2. The number of rotatable bonds is 5. The fourth-order valence-electron chi connectivity index (χ4n) is 5.54. The molecule has 0 bridgehead atoms. The minimum Gasteiger partial charge on any atom is -0.359 e. The van der Waals surface area contributed by atoms with E-state index in [2.05, 4.69) is 57.7 Å². The van der Waals surface area contributed by atoms with Gasteiger partial charge < -0.3 is 10.2 Å². The standard InChI is InChI=1S/C25H30N4O.2ClH/c1-16-21(24(30)28(3)25(26-2)27-16)10-11-29-14-20-13-22(23(20)15-29)19-9-8-17-6-4-5-7-18(17)12-19;;/h4-9,12,20,22-23H,10-11,13-15H2,1-3H3,(H,26,27);2*1H. The number of hydrogen-bond acceptors (Lipinski definition) is 4. The molecule has 2 fully saturated rings. The van der Waals surface area contributed by atoms with Gasteiger partial charge in [-0.1, -0.05) is 42.5 Å². The number of fused-ring (bicyclic) bond motifs is 2. The number of nitrogens with one attached hydrogen (secondary N) is 1. The molecule has 0 spiro atoms. The van der Waals surface area contributed by atoms with Crippen LogP contribution in [0.5, 0.6) is 0 Å². The molecule has 172 valence electrons. The molecule has 3 unspecified atom stereocenters. The number of aryl methyl sites for hydroxylation is 1. The maximum Gasteiger partial charge on any atom is 0.258 e. The van der Waals surface area contributed by atoms with E-state index in [4.69, 9.17) is 0 Å². The first-order valence-corrected chi connectivity index (χ1v) is 11.0. The van der Waals surface area contributed by atoms with E-state index in [1.165, 1.54) is 22.8 Å². The third-order valence-electron chi connectivity index (χ3n) is 7.33. The van der Waals surface area contributed by atoms with Crippen LogP contribution in [0.2, 0.25) is 0 Å². The third-order valence-corrected chi connectivity index (χ3v) is 7.33. The second kappa shape index (κ2) is 9.82. The molecule has 0 radical (unpaired) electrons. The fourth-order valence-corrected chi connectivity index (χ4v) is 5.54. The lowest BCUT2D eigenvalue weighted by Crippen LogP contribution is -2.33. The molecule has 5 rings (SSSR count). The molecule has 3 atom stereocenters. The average molecular weight is 475 g/mol. The predicted molar refractivity (Wildman–Crippen MR) is 137 cm³/mol. The van der Waals surface area contributed by atoms with E-state index in [-0.39, 0.29) is 30.4 Å². The first-order valence-electron chi connectivity index (χ1n) is 11.0. The number of halogens is 2. The topological polar surface area (TPSA) is 50.2 Å². The fraction of sp³-hybridized carbons (Fsp3) is 0.440. The Morgan fingerprint density at radius 2 is 1.84 bits per heavy atom. The van der Waals surface area contributed by atoms with Crippen LogP contribution >= 0.6 is 24.8 Å². The Morgan fingerprint density at radius 1 is 1.09 bits per heavy atom. The van der Waals surface area contributed by atoms with Crippen LogP contribution in [0, 0.1) is 18.8 Å². The Bertz CT molecular complexity index is 1160. The Labute approximate surface area is 202 Å². The van der Waals surface area contributed by atoms with Gasteiger partial charge in [0.1, 0.15) is 0 Å². The van der Waals surface area contributed by atoms with Gasteiger partial charge in [-0.05, 0) is 53.9 Å². The van der Waals surface area contributed by atoms with Gasteiger partial charge in [0, 0.05) is 45.0 Å². The highest BCUT2D eigenvalue weighted by Gasteiger charge is 2.47. The van der Waals surface area contributed by atoms with Gasteiger partial charge in [-0.3, -0.25) is 9.36 Å². The van der Waals surface area contributed by atoms with Crippen molar-refractivity contribution in [2.24, 2.45) is 18.9 Å². The summed E-state index contributed by atoms with van der Waals surface area (Å²) in [4.78, 5) is 19.8. The highest BCUT2D eigenvalue weighted by atomic mass is 35.5. The molecule has 1 aromatic heterocycles. The minimum absolute atomic E-state index is 0. The average Bonchev–Trinajstić information content (AvgIpc) is 3.06. The highest BCUT2D eigenvalue weighted by molar-refractivity contribution is 5.85. The summed E-state index contributed by atoms with van der Waals surface area (Å²) in [7, 11) is 3.58. The van der Waals surface area contributed by atoms with E-state index >= 15 is 0 Å². The molecule has 3 aromatic rings. The van der Waals surface area contributed by atoms with Crippen molar-refractivity contribution in [3.05, 3.63) is 69.6 Å². The van der Waals surface area contributed by atoms with Crippen LogP contribution in [-0.2, 0) is 13.5 Å². The van der Waals surface area contributed by atoms with Crippen LogP contribution < -0.4 is 10.9 Å². The molecular formula is C25H32Cl2N4O. The molecule has 1 aliphatic carbocycles. The monoisotopic (exact) mass is 474 g/mol. The second-order valence-electron chi connectivity index (χ2n) is 9.00. The smallest absolute Gasteiger partial charge is 0.258 e. The second-order valence-corrected chi connectivity index (χ2v) is 9.00. The first kappa shape index (κ1) is 24.6. The van der Waals surface area contributed by atoms with Crippen LogP contribution in [-0.4, -0.2) is 41.1 Å². The van der Waals surface area contributed by atoms with Gasteiger partial charge in [-0.25, -0.2) is 4.98 Å². The summed E-state index contributed by atoms with van der Waals surface area (Å²) in [6, 6.07) is 15.6. The summed E-state index contributed by atoms with van der Waals surface area (Å²) in [5, 5.41) is 5.66. The Kier molecular flexibility index (Phi) is 7.53. The number of nitrogens with zero attached hydrogens (tertiary/aromatic N) is 3. The van der Waals surface area contributed by atoms with Crippen molar-refractivity contribution >= 4 is 41.5 Å². The number of hydrogen-bond donors (Lipinski definition) is 1. The van der Waals surface area contributed by atoms with E-state index in [1.54, 1.807) is 18.7 Å². The van der Waals surface area contributed by atoms with Gasteiger partial charge in [0.2, 0.25) is 5.95 Å². The molecular weight excluding hydrogens is 443 g/mol. The Morgan fingerprint density at radius 3 is 2.59 bits per heavy atom. The van der Waals surface area contributed by atoms with Gasteiger partial charge in [0.25, 0.3) is 5.56 Å². The van der Waals surface area contributed by atoms with Crippen molar-refractivity contribution in [2.45, 2.75) is 25.7 Å². The molecule has 1 saturated carbocycles. The van der Waals surface area contributed by atoms with Crippen LogP contribution in [0.25, 0.3) is 10.8 Å². The van der Waals surface area contributed by atoms with E-state index < -0.39 is 0 Å². The molecule has 2 aliphatic rings. The summed E-state index contributed by atoms with van der Waals surface area (Å²) in [5.74, 6) is 2.85. The maximum atomic E-state index is 12.7. The summed E-state index contributed by atoms with van der Waals surface area (Å²) >= 11 is 0. The van der Waals surface area contributed by atoms with E-state index in [0.29, 0.717) is 11.9 Å². The lowest BCUT2D eigenvalue weighted by Gasteiger charge is -2.40. The highest BCUT2D eigenvalue weighted by Crippen LogP contribution is 2.51. The predicted octanol–water partition coefficient (Wildman–Crippen LogP) is 4.41.